The van der Waals surface area contributed by atoms with Crippen molar-refractivity contribution in [1.29, 1.82) is 0 Å². The van der Waals surface area contributed by atoms with E-state index < -0.39 is 0 Å². The zero-order chi connectivity index (χ0) is 13.6. The van der Waals surface area contributed by atoms with Crippen molar-refractivity contribution in [2.24, 2.45) is 0 Å². The molecule has 0 saturated heterocycles. The summed E-state index contributed by atoms with van der Waals surface area (Å²) >= 11 is 8.99. The van der Waals surface area contributed by atoms with Crippen LogP contribution >= 0.6 is 27.5 Å². The molecule has 1 aromatic carbocycles. The van der Waals surface area contributed by atoms with E-state index in [1.807, 2.05) is 0 Å². The maximum absolute atomic E-state index is 12.3. The number of anilines is 1. The molecule has 2 heterocycles. The average Bonchev–Trinajstić information content (AvgIpc) is 2.92. The summed E-state index contributed by atoms with van der Waals surface area (Å²) in [6.07, 6.45) is 0.280. The zero-order valence-electron chi connectivity index (χ0n) is 9.50. The van der Waals surface area contributed by atoms with Crippen LogP contribution in [0.4, 0.5) is 5.69 Å². The number of nitrogens with one attached hydrogen (secondary N) is 1. The molecule has 1 amide bonds. The normalized spacial score (nSPS) is 13.3. The van der Waals surface area contributed by atoms with Crippen molar-refractivity contribution in [2.45, 2.75) is 6.42 Å². The zero-order valence-corrected chi connectivity index (χ0v) is 11.8. The summed E-state index contributed by atoms with van der Waals surface area (Å²) in [7, 11) is 0. The molecule has 0 bridgehead atoms. The lowest BCUT2D eigenvalue weighted by atomic mass is 10.0. The second-order valence-corrected chi connectivity index (χ2v) is 5.37. The van der Waals surface area contributed by atoms with Crippen LogP contribution in [-0.4, -0.2) is 11.7 Å². The van der Waals surface area contributed by atoms with Gasteiger partial charge in [-0.2, -0.15) is 0 Å². The van der Waals surface area contributed by atoms with Crippen LogP contribution in [0.25, 0.3) is 0 Å². The highest BCUT2D eigenvalue weighted by atomic mass is 79.9. The summed E-state index contributed by atoms with van der Waals surface area (Å²) in [6.45, 7) is 0. The fraction of sp³-hybridized carbons (Fsp3) is 0.0769. The number of fused-ring (bicyclic) bond motifs is 1. The molecule has 6 heteroatoms. The van der Waals surface area contributed by atoms with E-state index in [0.29, 0.717) is 10.0 Å². The van der Waals surface area contributed by atoms with Gasteiger partial charge in [0, 0.05) is 15.7 Å². The van der Waals surface area contributed by atoms with Crippen LogP contribution in [-0.2, 0) is 11.2 Å². The monoisotopic (exact) mass is 339 g/mol. The maximum atomic E-state index is 12.3. The molecular formula is C13H7BrClNO3. The Balaban J connectivity index is 2.04. The van der Waals surface area contributed by atoms with Crippen molar-refractivity contribution in [3.8, 4) is 0 Å². The smallest absolute Gasteiger partial charge is 0.229 e. The first-order valence-corrected chi connectivity index (χ1v) is 6.64. The van der Waals surface area contributed by atoms with E-state index in [2.05, 4.69) is 21.2 Å². The highest BCUT2D eigenvalue weighted by molar-refractivity contribution is 9.10. The summed E-state index contributed by atoms with van der Waals surface area (Å²) in [6, 6.07) is 6.45. The number of halogens is 2. The lowest BCUT2D eigenvalue weighted by molar-refractivity contribution is -0.115. The van der Waals surface area contributed by atoms with Gasteiger partial charge in [-0.15, -0.1) is 0 Å². The quantitative estimate of drug-likeness (QED) is 0.852. The van der Waals surface area contributed by atoms with Gasteiger partial charge in [0.1, 0.15) is 0 Å². The van der Waals surface area contributed by atoms with Crippen LogP contribution < -0.4 is 5.32 Å². The second kappa shape index (κ2) is 4.51. The van der Waals surface area contributed by atoms with Gasteiger partial charge in [-0.3, -0.25) is 9.59 Å². The minimum atomic E-state index is -0.277. The maximum Gasteiger partial charge on any atom is 0.229 e. The number of furan rings is 1. The third-order valence-electron chi connectivity index (χ3n) is 2.86. The van der Waals surface area contributed by atoms with Gasteiger partial charge < -0.3 is 9.73 Å². The molecule has 1 N–H and O–H groups in total. The molecule has 96 valence electrons. The molecule has 0 atom stereocenters. The van der Waals surface area contributed by atoms with Crippen molar-refractivity contribution in [2.75, 3.05) is 5.32 Å². The Labute approximate surface area is 121 Å². The molecule has 0 fully saturated rings. The highest BCUT2D eigenvalue weighted by Gasteiger charge is 2.23. The van der Waals surface area contributed by atoms with Gasteiger partial charge in [-0.25, -0.2) is 0 Å². The minimum Gasteiger partial charge on any atom is -0.441 e. The predicted molar refractivity (Wildman–Crippen MR) is 73.6 cm³/mol. The molecule has 0 unspecified atom stereocenters. The molecule has 2 aromatic rings. The van der Waals surface area contributed by atoms with Gasteiger partial charge in [0.15, 0.2) is 11.0 Å². The van der Waals surface area contributed by atoms with Crippen LogP contribution in [0.5, 0.6) is 0 Å². The standard InChI is InChI=1S/C13H7BrClNO3/c14-8-5-9-6(4-12(17)16-9)3-7(8)13(18)10-1-2-11(15)19-10/h1-3,5H,4H2,(H,16,17). The van der Waals surface area contributed by atoms with E-state index >= 15 is 0 Å². The van der Waals surface area contributed by atoms with Gasteiger partial charge >= 0.3 is 0 Å². The number of benzene rings is 1. The van der Waals surface area contributed by atoms with Crippen LogP contribution in [0.3, 0.4) is 0 Å². The number of amides is 1. The number of ketones is 1. The number of carbonyl (C=O) groups excluding carboxylic acids is 2. The van der Waals surface area contributed by atoms with E-state index in [0.717, 1.165) is 11.3 Å². The lowest BCUT2D eigenvalue weighted by Crippen LogP contribution is -2.03. The van der Waals surface area contributed by atoms with Crippen molar-refractivity contribution < 1.29 is 14.0 Å². The van der Waals surface area contributed by atoms with Crippen LogP contribution in [0.15, 0.2) is 33.2 Å². The third kappa shape index (κ3) is 2.19. The summed E-state index contributed by atoms with van der Waals surface area (Å²) in [5, 5.41) is 2.89. The van der Waals surface area contributed by atoms with Crippen molar-refractivity contribution >= 4 is 44.9 Å². The second-order valence-electron chi connectivity index (χ2n) is 4.15. The Hall–Kier alpha value is -1.59. The van der Waals surface area contributed by atoms with Crippen LogP contribution in [0, 0.1) is 0 Å². The first kappa shape index (κ1) is 12.4. The number of hydrogen-bond donors (Lipinski definition) is 1. The van der Waals surface area contributed by atoms with Gasteiger partial charge in [0.05, 0.1) is 6.42 Å². The highest BCUT2D eigenvalue weighted by Crippen LogP contribution is 2.31. The lowest BCUT2D eigenvalue weighted by Gasteiger charge is -2.05. The molecule has 3 rings (SSSR count). The molecule has 19 heavy (non-hydrogen) atoms. The molecule has 1 aliphatic heterocycles. The van der Waals surface area contributed by atoms with E-state index in [1.165, 1.54) is 12.1 Å². The molecule has 0 radical (unpaired) electrons. The Morgan fingerprint density at radius 3 is 2.84 bits per heavy atom. The van der Waals surface area contributed by atoms with Crippen LogP contribution in [0.2, 0.25) is 5.22 Å². The molecule has 0 saturated carbocycles. The summed E-state index contributed by atoms with van der Waals surface area (Å²) in [4.78, 5) is 23.6. The number of hydrogen-bond acceptors (Lipinski definition) is 3. The van der Waals surface area contributed by atoms with E-state index in [9.17, 15) is 9.59 Å². The van der Waals surface area contributed by atoms with E-state index in [-0.39, 0.29) is 29.1 Å². The molecular weight excluding hydrogens is 334 g/mol. The van der Waals surface area contributed by atoms with Crippen molar-refractivity contribution in [1.82, 2.24) is 0 Å². The number of carbonyl (C=O) groups is 2. The largest absolute Gasteiger partial charge is 0.441 e. The topological polar surface area (TPSA) is 59.3 Å². The molecule has 0 spiro atoms. The summed E-state index contributed by atoms with van der Waals surface area (Å²) in [5.41, 5.74) is 1.97. The van der Waals surface area contributed by atoms with Gasteiger partial charge in [0.25, 0.3) is 0 Å². The molecule has 1 aromatic heterocycles. The molecule has 4 nitrogen and oxygen atoms in total. The Kier molecular flexibility index (Phi) is 2.95. The van der Waals surface area contributed by atoms with Gasteiger partial charge in [0.2, 0.25) is 11.7 Å². The van der Waals surface area contributed by atoms with E-state index in [1.54, 1.807) is 12.1 Å². The van der Waals surface area contributed by atoms with Gasteiger partial charge in [-0.1, -0.05) is 0 Å². The van der Waals surface area contributed by atoms with E-state index in [4.69, 9.17) is 16.0 Å². The Morgan fingerprint density at radius 1 is 1.37 bits per heavy atom. The fourth-order valence-electron chi connectivity index (χ4n) is 1.99. The first-order valence-electron chi connectivity index (χ1n) is 5.47. The SMILES string of the molecule is O=C1Cc2cc(C(=O)c3ccc(Cl)o3)c(Br)cc2N1. The van der Waals surface area contributed by atoms with Crippen molar-refractivity contribution in [3.05, 3.63) is 50.8 Å². The fourth-order valence-corrected chi connectivity index (χ4v) is 2.66. The molecule has 0 aliphatic carbocycles. The van der Waals surface area contributed by atoms with Crippen molar-refractivity contribution in [3.63, 3.8) is 0 Å². The minimum absolute atomic E-state index is 0.0763. The average molecular weight is 341 g/mol. The van der Waals surface area contributed by atoms with Gasteiger partial charge in [-0.05, 0) is 57.4 Å². The predicted octanol–water partition coefficient (Wildman–Crippen LogP) is 3.42. The first-order chi connectivity index (χ1) is 9.04. The molecule has 1 aliphatic rings. The Morgan fingerprint density at radius 2 is 2.16 bits per heavy atom. The van der Waals surface area contributed by atoms with Crippen LogP contribution in [0.1, 0.15) is 21.7 Å². The summed E-state index contributed by atoms with van der Waals surface area (Å²) < 4.78 is 5.71. The summed E-state index contributed by atoms with van der Waals surface area (Å²) in [5.74, 6) is -0.184. The number of rotatable bonds is 2. The third-order valence-corrected chi connectivity index (χ3v) is 3.72. The Bertz CT molecular complexity index is 708.